The summed E-state index contributed by atoms with van der Waals surface area (Å²) < 4.78 is 5.85. The summed E-state index contributed by atoms with van der Waals surface area (Å²) in [5.41, 5.74) is 1.77. The lowest BCUT2D eigenvalue weighted by Crippen LogP contribution is -2.42. The molecule has 0 aliphatic carbocycles. The lowest BCUT2D eigenvalue weighted by atomic mass is 10.1. The first-order chi connectivity index (χ1) is 12.1. The molecule has 0 N–H and O–H groups in total. The van der Waals surface area contributed by atoms with Crippen LogP contribution in [0.25, 0.3) is 6.08 Å². The molecule has 1 fully saturated rings. The van der Waals surface area contributed by atoms with Crippen LogP contribution in [0, 0.1) is 0 Å². The van der Waals surface area contributed by atoms with Crippen LogP contribution in [-0.2, 0) is 9.53 Å². The number of amides is 1. The zero-order chi connectivity index (χ0) is 17.6. The van der Waals surface area contributed by atoms with Crippen LogP contribution in [0.2, 0.25) is 0 Å². The predicted molar refractivity (Wildman–Crippen MR) is 97.1 cm³/mol. The van der Waals surface area contributed by atoms with Crippen molar-refractivity contribution < 1.29 is 9.53 Å². The van der Waals surface area contributed by atoms with Crippen molar-refractivity contribution >= 4 is 17.8 Å². The normalized spacial score (nSPS) is 17.7. The first-order valence-electron chi connectivity index (χ1n) is 8.27. The molecule has 1 saturated heterocycles. The van der Waals surface area contributed by atoms with Gasteiger partial charge < -0.3 is 14.5 Å². The van der Waals surface area contributed by atoms with Gasteiger partial charge in [0.15, 0.2) is 5.82 Å². The Morgan fingerprint density at radius 3 is 2.76 bits per heavy atom. The molecule has 2 heterocycles. The fourth-order valence-corrected chi connectivity index (χ4v) is 2.77. The van der Waals surface area contributed by atoms with Crippen LogP contribution in [0.3, 0.4) is 0 Å². The van der Waals surface area contributed by atoms with Crippen molar-refractivity contribution in [3.8, 4) is 0 Å². The summed E-state index contributed by atoms with van der Waals surface area (Å²) in [6.45, 7) is 1.53. The molecule has 6 nitrogen and oxygen atoms in total. The van der Waals surface area contributed by atoms with E-state index in [1.54, 1.807) is 23.4 Å². The summed E-state index contributed by atoms with van der Waals surface area (Å²) in [5.74, 6) is 0.745. The smallest absolute Gasteiger partial charge is 0.246 e. The molecule has 3 rings (SSSR count). The molecule has 0 spiro atoms. The van der Waals surface area contributed by atoms with Crippen molar-refractivity contribution in [1.82, 2.24) is 14.9 Å². The van der Waals surface area contributed by atoms with Gasteiger partial charge in [0.2, 0.25) is 5.91 Å². The summed E-state index contributed by atoms with van der Waals surface area (Å²) in [6.07, 6.45) is 6.49. The number of anilines is 1. The molecule has 0 bridgehead atoms. The number of carbonyl (C=O) groups is 1. The van der Waals surface area contributed by atoms with E-state index >= 15 is 0 Å². The minimum absolute atomic E-state index is 0.0209. The Hall–Kier alpha value is -2.73. The number of morpholine rings is 1. The van der Waals surface area contributed by atoms with Gasteiger partial charge in [-0.1, -0.05) is 30.3 Å². The quantitative estimate of drug-likeness (QED) is 0.800. The average Bonchev–Trinajstić information content (AvgIpc) is 2.67. The second kappa shape index (κ2) is 7.90. The van der Waals surface area contributed by atoms with Crippen molar-refractivity contribution in [2.75, 3.05) is 38.7 Å². The van der Waals surface area contributed by atoms with Crippen LogP contribution in [-0.4, -0.2) is 54.6 Å². The fourth-order valence-electron chi connectivity index (χ4n) is 2.77. The maximum Gasteiger partial charge on any atom is 0.246 e. The zero-order valence-electron chi connectivity index (χ0n) is 14.5. The van der Waals surface area contributed by atoms with Crippen molar-refractivity contribution in [2.45, 2.75) is 6.10 Å². The van der Waals surface area contributed by atoms with Gasteiger partial charge in [-0.2, -0.15) is 0 Å². The maximum atomic E-state index is 12.5. The minimum Gasteiger partial charge on any atom is -0.368 e. The predicted octanol–water partition coefficient (Wildman–Crippen LogP) is 2.16. The molecule has 0 unspecified atom stereocenters. The van der Waals surface area contributed by atoms with E-state index in [9.17, 15) is 4.79 Å². The molecule has 1 amide bonds. The molecule has 0 radical (unpaired) electrons. The lowest BCUT2D eigenvalue weighted by Gasteiger charge is -2.33. The molecule has 1 aromatic carbocycles. The standard InChI is InChI=1S/C19H22N4O2/c1-22(2)19-18(20-10-11-21-19)16-14-23(12-13-25-16)17(24)9-8-15-6-4-3-5-7-15/h3-11,16H,12-14H2,1-2H3/b9-8+/t16-/m1/s1. The number of carbonyl (C=O) groups excluding carboxylic acids is 1. The highest BCUT2D eigenvalue weighted by Gasteiger charge is 2.28. The van der Waals surface area contributed by atoms with E-state index in [2.05, 4.69) is 9.97 Å². The molecular formula is C19H22N4O2. The van der Waals surface area contributed by atoms with E-state index in [1.807, 2.05) is 55.4 Å². The summed E-state index contributed by atoms with van der Waals surface area (Å²) in [4.78, 5) is 25.0. The first-order valence-corrected chi connectivity index (χ1v) is 8.27. The number of hydrogen-bond donors (Lipinski definition) is 0. The summed E-state index contributed by atoms with van der Waals surface area (Å²) in [7, 11) is 3.84. The molecule has 6 heteroatoms. The lowest BCUT2D eigenvalue weighted by molar-refractivity contribution is -0.133. The minimum atomic E-state index is -0.270. The Balaban J connectivity index is 1.71. The monoisotopic (exact) mass is 338 g/mol. The average molecular weight is 338 g/mol. The second-order valence-corrected chi connectivity index (χ2v) is 6.05. The van der Waals surface area contributed by atoms with E-state index in [1.165, 1.54) is 0 Å². The van der Waals surface area contributed by atoms with Crippen molar-refractivity contribution in [2.24, 2.45) is 0 Å². The highest BCUT2D eigenvalue weighted by molar-refractivity contribution is 5.91. The number of benzene rings is 1. The van der Waals surface area contributed by atoms with Gasteiger partial charge in [0, 0.05) is 39.1 Å². The van der Waals surface area contributed by atoms with E-state index in [-0.39, 0.29) is 12.0 Å². The molecule has 130 valence electrons. The van der Waals surface area contributed by atoms with Crippen LogP contribution in [0.15, 0.2) is 48.8 Å². The Labute approximate surface area is 147 Å². The van der Waals surface area contributed by atoms with Gasteiger partial charge in [-0.05, 0) is 11.6 Å². The van der Waals surface area contributed by atoms with E-state index < -0.39 is 0 Å². The van der Waals surface area contributed by atoms with Crippen molar-refractivity contribution in [3.63, 3.8) is 0 Å². The number of hydrogen-bond acceptors (Lipinski definition) is 5. The Morgan fingerprint density at radius 2 is 2.00 bits per heavy atom. The van der Waals surface area contributed by atoms with Crippen LogP contribution < -0.4 is 4.90 Å². The molecule has 1 aliphatic heterocycles. The second-order valence-electron chi connectivity index (χ2n) is 6.05. The van der Waals surface area contributed by atoms with E-state index in [0.29, 0.717) is 19.7 Å². The molecule has 0 saturated carbocycles. The third-order valence-electron chi connectivity index (χ3n) is 4.03. The van der Waals surface area contributed by atoms with Gasteiger partial charge in [0.1, 0.15) is 11.8 Å². The molecular weight excluding hydrogens is 316 g/mol. The van der Waals surface area contributed by atoms with Gasteiger partial charge in [-0.15, -0.1) is 0 Å². The number of rotatable bonds is 4. The van der Waals surface area contributed by atoms with E-state index in [4.69, 9.17) is 4.74 Å². The Morgan fingerprint density at radius 1 is 1.24 bits per heavy atom. The fraction of sp³-hybridized carbons (Fsp3) is 0.316. The highest BCUT2D eigenvalue weighted by atomic mass is 16.5. The summed E-state index contributed by atoms with van der Waals surface area (Å²) >= 11 is 0. The number of aromatic nitrogens is 2. The van der Waals surface area contributed by atoms with Gasteiger partial charge in [0.05, 0.1) is 13.2 Å². The Bertz CT molecular complexity index is 746. The zero-order valence-corrected chi connectivity index (χ0v) is 14.5. The summed E-state index contributed by atoms with van der Waals surface area (Å²) in [6, 6.07) is 9.79. The van der Waals surface area contributed by atoms with Crippen LogP contribution >= 0.6 is 0 Å². The molecule has 1 aliphatic rings. The molecule has 25 heavy (non-hydrogen) atoms. The number of ether oxygens (including phenoxy) is 1. The molecule has 1 aromatic heterocycles. The first kappa shape index (κ1) is 17.1. The molecule has 2 aromatic rings. The third kappa shape index (κ3) is 4.22. The van der Waals surface area contributed by atoms with E-state index in [0.717, 1.165) is 17.1 Å². The van der Waals surface area contributed by atoms with Crippen molar-refractivity contribution in [3.05, 3.63) is 60.1 Å². The van der Waals surface area contributed by atoms with Gasteiger partial charge in [0.25, 0.3) is 0 Å². The SMILES string of the molecule is CN(C)c1nccnc1[C@H]1CN(C(=O)/C=C/c2ccccc2)CCO1. The van der Waals surface area contributed by atoms with Crippen molar-refractivity contribution in [1.29, 1.82) is 0 Å². The summed E-state index contributed by atoms with van der Waals surface area (Å²) in [5, 5.41) is 0. The molecule has 1 atom stereocenters. The van der Waals surface area contributed by atoms with Crippen LogP contribution in [0.4, 0.5) is 5.82 Å². The highest BCUT2D eigenvalue weighted by Crippen LogP contribution is 2.26. The third-order valence-corrected chi connectivity index (χ3v) is 4.03. The van der Waals surface area contributed by atoms with Crippen LogP contribution in [0.1, 0.15) is 17.4 Å². The van der Waals surface area contributed by atoms with Crippen LogP contribution in [0.5, 0.6) is 0 Å². The Kier molecular flexibility index (Phi) is 5.40. The maximum absolute atomic E-state index is 12.5. The van der Waals surface area contributed by atoms with Gasteiger partial charge in [-0.25, -0.2) is 4.98 Å². The van der Waals surface area contributed by atoms with Gasteiger partial charge in [-0.3, -0.25) is 9.78 Å². The largest absolute Gasteiger partial charge is 0.368 e. The van der Waals surface area contributed by atoms with Gasteiger partial charge >= 0.3 is 0 Å². The topological polar surface area (TPSA) is 58.6 Å². The number of nitrogens with zero attached hydrogens (tertiary/aromatic N) is 4.